The van der Waals surface area contributed by atoms with Gasteiger partial charge in [-0.2, -0.15) is 0 Å². The summed E-state index contributed by atoms with van der Waals surface area (Å²) in [5.74, 6) is 0.373. The summed E-state index contributed by atoms with van der Waals surface area (Å²) in [4.78, 5) is 26.4. The van der Waals surface area contributed by atoms with E-state index in [1.54, 1.807) is 12.1 Å². The van der Waals surface area contributed by atoms with Crippen LogP contribution in [0.3, 0.4) is 0 Å². The van der Waals surface area contributed by atoms with Crippen LogP contribution in [0, 0.1) is 5.92 Å². The largest absolute Gasteiger partial charge is 0.467 e. The lowest BCUT2D eigenvalue weighted by atomic mass is 9.92. The Balaban J connectivity index is 1.43. The van der Waals surface area contributed by atoms with Crippen LogP contribution in [0.1, 0.15) is 17.7 Å². The standard InChI is InChI=1S/C21H28N4O4/c26-15-17-8-9-25(13-16-5-2-1-3-6-16)14-19(17)24-20(27)12-23-21(28)22-11-18-7-4-10-29-18/h1-7,10,17,19,26H,8-9,11-15H2,(H,24,27)(H2,22,23,28)/t17-,19+/m0/s1. The molecule has 2 heterocycles. The number of benzene rings is 1. The van der Waals surface area contributed by atoms with Gasteiger partial charge in [-0.05, 0) is 30.7 Å². The van der Waals surface area contributed by atoms with E-state index < -0.39 is 6.03 Å². The molecule has 1 aliphatic rings. The molecular weight excluding hydrogens is 372 g/mol. The molecule has 1 fully saturated rings. The Kier molecular flexibility index (Phi) is 7.66. The number of nitrogens with one attached hydrogen (secondary N) is 3. The van der Waals surface area contributed by atoms with E-state index in [1.807, 2.05) is 18.2 Å². The first kappa shape index (κ1) is 20.9. The van der Waals surface area contributed by atoms with Gasteiger partial charge in [0.15, 0.2) is 0 Å². The number of carbonyl (C=O) groups is 2. The second-order valence-corrected chi connectivity index (χ2v) is 7.24. The Morgan fingerprint density at radius 3 is 2.69 bits per heavy atom. The first-order chi connectivity index (χ1) is 14.1. The van der Waals surface area contributed by atoms with Gasteiger partial charge in [-0.1, -0.05) is 30.3 Å². The second-order valence-electron chi connectivity index (χ2n) is 7.24. The Hall–Kier alpha value is -2.84. The molecule has 8 heteroatoms. The van der Waals surface area contributed by atoms with Crippen molar-refractivity contribution in [3.05, 3.63) is 60.1 Å². The van der Waals surface area contributed by atoms with Gasteiger partial charge in [-0.25, -0.2) is 4.79 Å². The minimum atomic E-state index is -0.440. The summed E-state index contributed by atoms with van der Waals surface area (Å²) in [6, 6.07) is 13.1. The van der Waals surface area contributed by atoms with E-state index in [4.69, 9.17) is 4.42 Å². The monoisotopic (exact) mass is 400 g/mol. The molecule has 1 aliphatic heterocycles. The SMILES string of the molecule is O=C(CNC(=O)NCc1ccco1)N[C@@H]1CN(Cc2ccccc2)CC[C@H]1CO. The first-order valence-corrected chi connectivity index (χ1v) is 9.84. The molecule has 2 atom stereocenters. The predicted molar refractivity (Wildman–Crippen MR) is 108 cm³/mol. The molecule has 0 aliphatic carbocycles. The van der Waals surface area contributed by atoms with Crippen molar-refractivity contribution >= 4 is 11.9 Å². The molecule has 4 N–H and O–H groups in total. The first-order valence-electron chi connectivity index (χ1n) is 9.84. The van der Waals surface area contributed by atoms with Gasteiger partial charge in [0.25, 0.3) is 0 Å². The van der Waals surface area contributed by atoms with Gasteiger partial charge in [0.1, 0.15) is 5.76 Å². The molecule has 8 nitrogen and oxygen atoms in total. The van der Waals surface area contributed by atoms with Crippen LogP contribution >= 0.6 is 0 Å². The number of carbonyl (C=O) groups excluding carboxylic acids is 2. The van der Waals surface area contributed by atoms with Crippen molar-refractivity contribution in [2.45, 2.75) is 25.6 Å². The van der Waals surface area contributed by atoms with Crippen LogP contribution in [0.25, 0.3) is 0 Å². The van der Waals surface area contributed by atoms with Crippen LogP contribution in [0.5, 0.6) is 0 Å². The van der Waals surface area contributed by atoms with E-state index in [0.717, 1.165) is 19.5 Å². The van der Waals surface area contributed by atoms with Gasteiger partial charge in [-0.3, -0.25) is 9.69 Å². The maximum absolute atomic E-state index is 12.3. The normalized spacial score (nSPS) is 19.5. The average molecular weight is 400 g/mol. The summed E-state index contributed by atoms with van der Waals surface area (Å²) < 4.78 is 5.14. The molecule has 3 rings (SSSR count). The highest BCUT2D eigenvalue weighted by atomic mass is 16.3. The van der Waals surface area contributed by atoms with Crippen LogP contribution in [0.15, 0.2) is 53.1 Å². The third-order valence-electron chi connectivity index (χ3n) is 5.08. The van der Waals surface area contributed by atoms with E-state index in [2.05, 4.69) is 33.0 Å². The maximum atomic E-state index is 12.3. The van der Waals surface area contributed by atoms with E-state index in [1.165, 1.54) is 11.8 Å². The zero-order valence-electron chi connectivity index (χ0n) is 16.3. The number of aliphatic hydroxyl groups excluding tert-OH is 1. The van der Waals surface area contributed by atoms with Crippen LogP contribution < -0.4 is 16.0 Å². The smallest absolute Gasteiger partial charge is 0.315 e. The third kappa shape index (κ3) is 6.62. The van der Waals surface area contributed by atoms with Crippen LogP contribution in [-0.4, -0.2) is 54.2 Å². The summed E-state index contributed by atoms with van der Waals surface area (Å²) in [5, 5.41) is 17.8. The van der Waals surface area contributed by atoms with Gasteiger partial charge in [0.2, 0.25) is 5.91 Å². The van der Waals surface area contributed by atoms with Crippen LogP contribution in [0.4, 0.5) is 4.79 Å². The molecule has 0 saturated carbocycles. The number of nitrogens with zero attached hydrogens (tertiary/aromatic N) is 1. The Morgan fingerprint density at radius 2 is 1.97 bits per heavy atom. The highest BCUT2D eigenvalue weighted by molar-refractivity contribution is 5.84. The molecule has 156 valence electrons. The van der Waals surface area contributed by atoms with Gasteiger partial charge in [0, 0.05) is 31.7 Å². The average Bonchev–Trinajstić information content (AvgIpc) is 3.25. The molecule has 0 bridgehead atoms. The number of amides is 3. The Bertz CT molecular complexity index is 766. The summed E-state index contributed by atoms with van der Waals surface area (Å²) in [7, 11) is 0. The number of likely N-dealkylation sites (tertiary alicyclic amines) is 1. The maximum Gasteiger partial charge on any atom is 0.315 e. The van der Waals surface area contributed by atoms with Gasteiger partial charge >= 0.3 is 6.03 Å². The van der Waals surface area contributed by atoms with Crippen molar-refractivity contribution in [1.82, 2.24) is 20.9 Å². The van der Waals surface area contributed by atoms with Crippen molar-refractivity contribution in [2.24, 2.45) is 5.92 Å². The molecule has 2 aromatic rings. The van der Waals surface area contributed by atoms with Crippen molar-refractivity contribution in [2.75, 3.05) is 26.2 Å². The number of rotatable bonds is 8. The van der Waals surface area contributed by atoms with Crippen molar-refractivity contribution in [3.8, 4) is 0 Å². The number of hydrogen-bond donors (Lipinski definition) is 4. The predicted octanol–water partition coefficient (Wildman–Crippen LogP) is 1.08. The van der Waals surface area contributed by atoms with E-state index in [9.17, 15) is 14.7 Å². The fourth-order valence-corrected chi connectivity index (χ4v) is 3.50. The van der Waals surface area contributed by atoms with Crippen molar-refractivity contribution in [1.29, 1.82) is 0 Å². The highest BCUT2D eigenvalue weighted by Crippen LogP contribution is 2.19. The molecule has 1 saturated heterocycles. The highest BCUT2D eigenvalue weighted by Gasteiger charge is 2.29. The summed E-state index contributed by atoms with van der Waals surface area (Å²) in [5.41, 5.74) is 1.22. The lowest BCUT2D eigenvalue weighted by molar-refractivity contribution is -0.121. The number of piperidine rings is 1. The molecular formula is C21H28N4O4. The quantitative estimate of drug-likeness (QED) is 0.531. The fraction of sp³-hybridized carbons (Fsp3) is 0.429. The Labute approximate surface area is 170 Å². The number of hydrogen-bond acceptors (Lipinski definition) is 5. The molecule has 1 aromatic heterocycles. The minimum absolute atomic E-state index is 0.0127. The summed E-state index contributed by atoms with van der Waals surface area (Å²) in [6.07, 6.45) is 2.34. The zero-order chi connectivity index (χ0) is 20.5. The summed E-state index contributed by atoms with van der Waals surface area (Å²) in [6.45, 7) is 2.50. The number of urea groups is 1. The van der Waals surface area contributed by atoms with E-state index >= 15 is 0 Å². The summed E-state index contributed by atoms with van der Waals surface area (Å²) >= 11 is 0. The lowest BCUT2D eigenvalue weighted by Crippen LogP contribution is -2.55. The Morgan fingerprint density at radius 1 is 1.14 bits per heavy atom. The number of aliphatic hydroxyl groups is 1. The molecule has 0 unspecified atom stereocenters. The molecule has 29 heavy (non-hydrogen) atoms. The molecule has 3 amide bonds. The van der Waals surface area contributed by atoms with E-state index in [0.29, 0.717) is 12.3 Å². The second kappa shape index (κ2) is 10.6. The minimum Gasteiger partial charge on any atom is -0.467 e. The van der Waals surface area contributed by atoms with Crippen LogP contribution in [-0.2, 0) is 17.9 Å². The van der Waals surface area contributed by atoms with Gasteiger partial charge < -0.3 is 25.5 Å². The van der Waals surface area contributed by atoms with Crippen LogP contribution in [0.2, 0.25) is 0 Å². The van der Waals surface area contributed by atoms with Crippen molar-refractivity contribution in [3.63, 3.8) is 0 Å². The van der Waals surface area contributed by atoms with Gasteiger partial charge in [-0.15, -0.1) is 0 Å². The lowest BCUT2D eigenvalue weighted by Gasteiger charge is -2.38. The molecule has 1 aromatic carbocycles. The topological polar surface area (TPSA) is 107 Å². The molecule has 0 radical (unpaired) electrons. The molecule has 0 spiro atoms. The third-order valence-corrected chi connectivity index (χ3v) is 5.08. The zero-order valence-corrected chi connectivity index (χ0v) is 16.3. The van der Waals surface area contributed by atoms with Crippen molar-refractivity contribution < 1.29 is 19.1 Å². The fourth-order valence-electron chi connectivity index (χ4n) is 3.50. The van der Waals surface area contributed by atoms with Gasteiger partial charge in [0.05, 0.1) is 19.4 Å². The number of furan rings is 1. The van der Waals surface area contributed by atoms with E-state index in [-0.39, 0.29) is 37.6 Å².